The molecule has 0 spiro atoms. The van der Waals surface area contributed by atoms with Gasteiger partial charge in [0.05, 0.1) is 16.8 Å². The summed E-state index contributed by atoms with van der Waals surface area (Å²) in [7, 11) is 0. The molecule has 3 aromatic heterocycles. The average molecular weight is 548 g/mol. The van der Waals surface area contributed by atoms with Gasteiger partial charge >= 0.3 is 0 Å². The molecule has 0 saturated carbocycles. The minimum Gasteiger partial charge on any atom is -0.494 e. The fourth-order valence-corrected chi connectivity index (χ4v) is 5.44. The largest absolute Gasteiger partial charge is 0.494 e. The lowest BCUT2D eigenvalue weighted by Gasteiger charge is -2.09. The van der Waals surface area contributed by atoms with Crippen molar-refractivity contribution in [1.82, 2.24) is 24.4 Å². The van der Waals surface area contributed by atoms with Gasteiger partial charge in [-0.15, -0.1) is 5.10 Å². The molecule has 0 aliphatic carbocycles. The second-order valence-corrected chi connectivity index (χ2v) is 10.8. The summed E-state index contributed by atoms with van der Waals surface area (Å²) in [5.41, 5.74) is 6.45. The number of unbranched alkanes of at least 4 members (excludes halogenated alkanes) is 1. The van der Waals surface area contributed by atoms with E-state index in [4.69, 9.17) is 9.84 Å². The third kappa shape index (κ3) is 5.05. The maximum absolute atomic E-state index is 13.4. The van der Waals surface area contributed by atoms with E-state index < -0.39 is 0 Å². The molecule has 200 valence electrons. The highest BCUT2D eigenvalue weighted by molar-refractivity contribution is 7.15. The molecule has 3 heterocycles. The fourth-order valence-electron chi connectivity index (χ4n) is 4.54. The van der Waals surface area contributed by atoms with Gasteiger partial charge in [-0.1, -0.05) is 72.7 Å². The Bertz CT molecular complexity index is 1900. The first-order valence-corrected chi connectivity index (χ1v) is 14.2. The molecule has 0 N–H and O–H groups in total. The quantitative estimate of drug-likeness (QED) is 0.218. The van der Waals surface area contributed by atoms with Crippen LogP contribution >= 0.6 is 11.3 Å². The Hall–Kier alpha value is -4.56. The first-order valence-electron chi connectivity index (χ1n) is 13.4. The number of para-hydroxylation sites is 1. The molecule has 0 bridgehead atoms. The monoisotopic (exact) mass is 547 g/mol. The summed E-state index contributed by atoms with van der Waals surface area (Å²) in [6.45, 7) is 6.94. The number of aryl methyl sites for hydroxylation is 2. The Morgan fingerprint density at radius 3 is 2.50 bits per heavy atom. The van der Waals surface area contributed by atoms with Gasteiger partial charge in [0.1, 0.15) is 11.4 Å². The number of rotatable bonds is 8. The molecule has 0 fully saturated rings. The summed E-state index contributed by atoms with van der Waals surface area (Å²) in [5, 5.41) is 9.46. The van der Waals surface area contributed by atoms with E-state index >= 15 is 0 Å². The van der Waals surface area contributed by atoms with Gasteiger partial charge < -0.3 is 4.74 Å². The Labute approximate surface area is 236 Å². The van der Waals surface area contributed by atoms with Gasteiger partial charge in [0.15, 0.2) is 5.82 Å². The van der Waals surface area contributed by atoms with Gasteiger partial charge in [-0.2, -0.15) is 14.6 Å². The van der Waals surface area contributed by atoms with Gasteiger partial charge in [0, 0.05) is 22.9 Å². The number of fused-ring (bicyclic) bond motifs is 1. The molecule has 8 heteroatoms. The molecule has 40 heavy (non-hydrogen) atoms. The van der Waals surface area contributed by atoms with Crippen molar-refractivity contribution < 1.29 is 4.74 Å². The first-order chi connectivity index (χ1) is 19.5. The zero-order chi connectivity index (χ0) is 27.6. The summed E-state index contributed by atoms with van der Waals surface area (Å²) >= 11 is 1.33. The van der Waals surface area contributed by atoms with Crippen molar-refractivity contribution in [2.24, 2.45) is 0 Å². The van der Waals surface area contributed by atoms with Crippen LogP contribution in [0, 0.1) is 13.8 Å². The number of benzene rings is 3. The van der Waals surface area contributed by atoms with Gasteiger partial charge in [0.2, 0.25) is 4.96 Å². The summed E-state index contributed by atoms with van der Waals surface area (Å²) in [6, 6.07) is 24.0. The number of nitrogens with zero attached hydrogens (tertiary/aromatic N) is 5. The molecule has 0 aliphatic heterocycles. The van der Waals surface area contributed by atoms with Crippen LogP contribution in [-0.4, -0.2) is 31.0 Å². The molecule has 0 atom stereocenters. The van der Waals surface area contributed by atoms with E-state index in [1.54, 1.807) is 0 Å². The van der Waals surface area contributed by atoms with Crippen LogP contribution in [0.3, 0.4) is 0 Å². The lowest BCUT2D eigenvalue weighted by atomic mass is 10.0. The number of thiazole rings is 1. The number of hydrogen-bond acceptors (Lipinski definition) is 6. The van der Waals surface area contributed by atoms with Crippen LogP contribution in [0.4, 0.5) is 0 Å². The van der Waals surface area contributed by atoms with Crippen LogP contribution in [0.2, 0.25) is 0 Å². The van der Waals surface area contributed by atoms with E-state index in [0.29, 0.717) is 21.9 Å². The first kappa shape index (κ1) is 25.7. The third-order valence-electron chi connectivity index (χ3n) is 6.76. The molecular formula is C32H29N5O2S. The Morgan fingerprint density at radius 1 is 0.975 bits per heavy atom. The van der Waals surface area contributed by atoms with Crippen molar-refractivity contribution in [2.75, 3.05) is 6.61 Å². The van der Waals surface area contributed by atoms with Crippen LogP contribution in [0.15, 0.2) is 83.8 Å². The van der Waals surface area contributed by atoms with Crippen LogP contribution in [0.1, 0.15) is 36.5 Å². The standard InChI is InChI=1S/C32H29N5O2S/c1-4-5-17-39-26-15-16-27(22(3)18-26)29-24(20-36(34-29)25-9-7-6-8-10-25)19-28-31(38)37-32(40-28)33-30(35-37)23-13-11-21(2)12-14-23/h6-16,18-20H,4-5,17H2,1-3H3/b28-19-. The number of ether oxygens (including phenoxy) is 1. The highest BCUT2D eigenvalue weighted by atomic mass is 32.1. The summed E-state index contributed by atoms with van der Waals surface area (Å²) in [4.78, 5) is 18.6. The van der Waals surface area contributed by atoms with Crippen molar-refractivity contribution in [3.8, 4) is 34.1 Å². The maximum atomic E-state index is 13.4. The molecule has 6 aromatic rings. The smallest absolute Gasteiger partial charge is 0.291 e. The van der Waals surface area contributed by atoms with Crippen LogP contribution in [-0.2, 0) is 0 Å². The van der Waals surface area contributed by atoms with Crippen LogP contribution in [0.25, 0.3) is 39.4 Å². The predicted octanol–water partition coefficient (Wildman–Crippen LogP) is 6.01. The zero-order valence-corrected chi connectivity index (χ0v) is 23.5. The minimum atomic E-state index is -0.194. The van der Waals surface area contributed by atoms with E-state index in [0.717, 1.165) is 57.8 Å². The van der Waals surface area contributed by atoms with E-state index in [9.17, 15) is 4.79 Å². The Morgan fingerprint density at radius 2 is 1.77 bits per heavy atom. The van der Waals surface area contributed by atoms with Crippen molar-refractivity contribution in [3.63, 3.8) is 0 Å². The normalized spacial score (nSPS) is 11.9. The van der Waals surface area contributed by atoms with E-state index in [1.807, 2.05) is 96.7 Å². The Kier molecular flexibility index (Phi) is 7.00. The third-order valence-corrected chi connectivity index (χ3v) is 7.72. The van der Waals surface area contributed by atoms with Crippen molar-refractivity contribution in [1.29, 1.82) is 0 Å². The number of aromatic nitrogens is 5. The highest BCUT2D eigenvalue weighted by Crippen LogP contribution is 2.30. The molecule has 0 aliphatic rings. The molecule has 0 unspecified atom stereocenters. The molecule has 3 aromatic carbocycles. The zero-order valence-electron chi connectivity index (χ0n) is 22.7. The van der Waals surface area contributed by atoms with Gasteiger partial charge in [-0.05, 0) is 62.2 Å². The summed E-state index contributed by atoms with van der Waals surface area (Å²) in [6.07, 6.45) is 5.96. The van der Waals surface area contributed by atoms with Crippen molar-refractivity contribution >= 4 is 22.4 Å². The molecule has 0 saturated heterocycles. The lowest BCUT2D eigenvalue weighted by molar-refractivity contribution is 0.309. The van der Waals surface area contributed by atoms with E-state index in [1.165, 1.54) is 15.9 Å². The summed E-state index contributed by atoms with van der Waals surface area (Å²) < 4.78 is 9.71. The lowest BCUT2D eigenvalue weighted by Crippen LogP contribution is -2.23. The minimum absolute atomic E-state index is 0.194. The SMILES string of the molecule is CCCCOc1ccc(-c2nn(-c3ccccc3)cc2/C=c2\sc3nc(-c4ccc(C)cc4)nn3c2=O)c(C)c1. The molecule has 0 amide bonds. The van der Waals surface area contributed by atoms with Gasteiger partial charge in [0.25, 0.3) is 5.56 Å². The van der Waals surface area contributed by atoms with E-state index in [-0.39, 0.29) is 5.56 Å². The Balaban J connectivity index is 1.43. The van der Waals surface area contributed by atoms with E-state index in [2.05, 4.69) is 23.9 Å². The predicted molar refractivity (Wildman–Crippen MR) is 160 cm³/mol. The molecular weight excluding hydrogens is 518 g/mol. The molecule has 7 nitrogen and oxygen atoms in total. The van der Waals surface area contributed by atoms with Gasteiger partial charge in [-0.3, -0.25) is 4.79 Å². The fraction of sp³-hybridized carbons (Fsp3) is 0.188. The average Bonchev–Trinajstić information content (AvgIpc) is 3.65. The number of hydrogen-bond donors (Lipinski definition) is 0. The molecule has 0 radical (unpaired) electrons. The van der Waals surface area contributed by atoms with Crippen LogP contribution in [0.5, 0.6) is 5.75 Å². The maximum Gasteiger partial charge on any atom is 0.291 e. The van der Waals surface area contributed by atoms with Crippen LogP contribution < -0.4 is 14.8 Å². The second-order valence-electron chi connectivity index (χ2n) is 9.80. The van der Waals surface area contributed by atoms with Crippen molar-refractivity contribution in [2.45, 2.75) is 33.6 Å². The van der Waals surface area contributed by atoms with Gasteiger partial charge in [-0.25, -0.2) is 4.68 Å². The van der Waals surface area contributed by atoms with Crippen molar-refractivity contribution in [3.05, 3.63) is 111 Å². The topological polar surface area (TPSA) is 74.3 Å². The molecule has 6 rings (SSSR count). The second kappa shape index (κ2) is 10.9. The summed E-state index contributed by atoms with van der Waals surface area (Å²) in [5.74, 6) is 1.39. The highest BCUT2D eigenvalue weighted by Gasteiger charge is 2.16.